The fourth-order valence-electron chi connectivity index (χ4n) is 19.0. The first-order valence-corrected chi connectivity index (χ1v) is 52.9. The first kappa shape index (κ1) is 124. The van der Waals surface area contributed by atoms with Crippen LogP contribution in [0.2, 0.25) is 0 Å². The van der Waals surface area contributed by atoms with Gasteiger partial charge in [-0.2, -0.15) is 0 Å². The summed E-state index contributed by atoms with van der Waals surface area (Å²) in [5.41, 5.74) is 0. The SMILES string of the molecule is CCCCCC1CCCCCCCCCC(=O)O[C@@H]2[C@@H](O[C@@H]3O[C@H](C)[C@H](OC(=O)CCCCCCCCC[C@H](CCCCC)O[C@@H]4O[C@H](C)[C@@H](O)[C@H](O)[C@@H]4O[C@@H]4O[C@H](CO)[C@@H](O)[C@H](O)[C@H]4O[C@@H]4O[C@@H](C)[C@H](O[C@@H]5O[C@H](C)[C@@H](OC(=O)C(C)CC)[C@H](O)[C@H]5O)[C@@H](O)[C@@H]4OC(=O)C(C)C(C)O)[C@H](O)[C@H]3O)[C@H](C)O[C@@H](O[C@H]3[C@H](O[C@H]4[C@H](O1)O[C@H](C)[C@@H](O)[C@@H]4O)O[C@H](COC(=O)C(C)C(C)O)[C@@H](O)[C@@H]3O)[C@@H]2OC(=O)C(C)C(C)O. The maximum atomic E-state index is 14.5. The number of fused-ring (bicyclic) bond motifs is 4. The minimum absolute atomic E-state index is 0.102. The lowest BCUT2D eigenvalue weighted by Gasteiger charge is -2.50. The molecule has 0 aromatic carbocycles. The first-order chi connectivity index (χ1) is 68.8. The predicted octanol–water partition coefficient (Wildman–Crippen LogP) is 2.07. The Balaban J connectivity index is 0.835. The van der Waals surface area contributed by atoms with Crippen molar-refractivity contribution in [3.8, 4) is 0 Å². The van der Waals surface area contributed by atoms with Crippen LogP contribution in [0.4, 0.5) is 0 Å². The lowest BCUT2D eigenvalue weighted by atomic mass is 9.95. The fraction of sp³-hybridized carbons (Fsp3) is 0.940. The Morgan fingerprint density at radius 2 is 0.779 bits per heavy atom. The standard InChI is InChI=1S/C100H172O45/c1-17-20-32-38-59(131-95-82(69(111)65(107)53(11)125-95)143-98-84(71(113)67(109)61(44-101)133-98)142-97-86(138-91(122)48(6)51(9)103)77(119)80(57(15)129-97)140-93-76(118)74(116)79(56(14)128-93)137-89(120)46(4)19-3)40-34-28-24-22-26-30-36-42-63(105)135-78-55(13)127-94(75(117)73(78)115)141-81-58(16)130-100-88(139-92(123)49(7)52(10)104)87(81)136-64(106)43-37-31-27-23-25-29-35-41-60(39-33-21-18-2)132-96-83(70(112)66(108)54(12)126-96)144-99-85(145-100)72(114)68(110)62(134-99)45-124-90(121)47(5)50(8)102/h46-62,65-88,93-104,107-119H,17-45H2,1-16H3/t46?,47?,48?,49?,50?,51?,52?,53-,54-,55-,56-,57+,58+,59+,60?,61-,62-,65-,66-,67-,68-,69+,70+,71+,72+,73-,74-,75-,76-,77-,78+,79-,80+,81+,82+,83-,84-,85-,86+,87-,88-,93+,94+,95+,96+,97+,98+,99+,100+/m1/s1. The summed E-state index contributed by atoms with van der Waals surface area (Å²) in [5, 5.41) is 195. The van der Waals surface area contributed by atoms with Crippen LogP contribution in [0.3, 0.4) is 0 Å². The van der Waals surface area contributed by atoms with E-state index in [1.807, 2.05) is 6.92 Å². The third-order valence-corrected chi connectivity index (χ3v) is 29.5. The van der Waals surface area contributed by atoms with Gasteiger partial charge in [0.1, 0.15) is 135 Å². The number of unbranched alkanes of at least 4 members (excludes halogenated alkanes) is 10. The highest BCUT2D eigenvalue weighted by Gasteiger charge is 2.62. The average molecular weight is 2090 g/mol. The van der Waals surface area contributed by atoms with Gasteiger partial charge in [0.25, 0.3) is 0 Å². The molecule has 9 aliphatic heterocycles. The molecule has 0 aromatic rings. The predicted molar refractivity (Wildman–Crippen MR) is 501 cm³/mol. The highest BCUT2D eigenvalue weighted by Crippen LogP contribution is 2.43. The molecule has 9 fully saturated rings. The smallest absolute Gasteiger partial charge is 0.311 e. The van der Waals surface area contributed by atoms with E-state index in [0.717, 1.165) is 77.0 Å². The van der Waals surface area contributed by atoms with Crippen molar-refractivity contribution in [2.24, 2.45) is 23.7 Å². The first-order valence-electron chi connectivity index (χ1n) is 52.9. The summed E-state index contributed by atoms with van der Waals surface area (Å²) in [6, 6.07) is 0. The second-order valence-corrected chi connectivity index (χ2v) is 41.2. The molecule has 49 atom stereocenters. The van der Waals surface area contributed by atoms with E-state index in [0.29, 0.717) is 83.5 Å². The Hall–Kier alpha value is -4.50. The Bertz CT molecular complexity index is 3780. The minimum Gasteiger partial charge on any atom is -0.463 e. The van der Waals surface area contributed by atoms with Crippen molar-refractivity contribution in [1.82, 2.24) is 0 Å². The molecule has 842 valence electrons. The Morgan fingerprint density at radius 3 is 1.37 bits per heavy atom. The molecule has 0 saturated carbocycles. The van der Waals surface area contributed by atoms with Crippen LogP contribution in [0.25, 0.3) is 0 Å². The van der Waals surface area contributed by atoms with Crippen LogP contribution in [0.15, 0.2) is 0 Å². The molecular weight excluding hydrogens is 1920 g/mol. The quantitative estimate of drug-likeness (QED) is 0.0236. The van der Waals surface area contributed by atoms with E-state index >= 15 is 0 Å². The fourth-order valence-corrected chi connectivity index (χ4v) is 19.0. The molecule has 9 saturated heterocycles. The zero-order valence-electron chi connectivity index (χ0n) is 86.8. The number of carbonyl (C=O) groups is 6. The molecule has 0 spiro atoms. The summed E-state index contributed by atoms with van der Waals surface area (Å²) < 4.78 is 137. The summed E-state index contributed by atoms with van der Waals surface area (Å²) in [6.07, 6.45) is -56.2. The molecule has 9 rings (SSSR count). The molecular formula is C100H172O45. The van der Waals surface area contributed by atoms with Crippen molar-refractivity contribution in [3.63, 3.8) is 0 Å². The van der Waals surface area contributed by atoms with Gasteiger partial charge in [-0.1, -0.05) is 143 Å². The highest BCUT2D eigenvalue weighted by molar-refractivity contribution is 5.74. The second-order valence-electron chi connectivity index (χ2n) is 41.2. The van der Waals surface area contributed by atoms with Crippen molar-refractivity contribution < 1.29 is 220 Å². The van der Waals surface area contributed by atoms with Crippen molar-refractivity contribution in [1.29, 1.82) is 0 Å². The van der Waals surface area contributed by atoms with Crippen molar-refractivity contribution in [3.05, 3.63) is 0 Å². The summed E-state index contributed by atoms with van der Waals surface area (Å²) in [5.74, 6) is -9.43. The second kappa shape index (κ2) is 59.8. The number of carbonyl (C=O) groups excluding carboxylic acids is 6. The summed E-state index contributed by atoms with van der Waals surface area (Å²) in [7, 11) is 0. The van der Waals surface area contributed by atoms with Crippen LogP contribution in [0.5, 0.6) is 0 Å². The number of hydrogen-bond donors (Lipinski definition) is 17. The maximum Gasteiger partial charge on any atom is 0.311 e. The normalized spacial score (nSPS) is 40.9. The van der Waals surface area contributed by atoms with E-state index in [-0.39, 0.29) is 12.8 Å². The van der Waals surface area contributed by atoms with E-state index in [1.165, 1.54) is 83.1 Å². The van der Waals surface area contributed by atoms with Gasteiger partial charge in [-0.25, -0.2) is 0 Å². The number of aliphatic hydroxyl groups is 17. The number of aliphatic hydroxyl groups excluding tert-OH is 17. The molecule has 45 heteroatoms. The zero-order valence-corrected chi connectivity index (χ0v) is 86.8. The van der Waals surface area contributed by atoms with E-state index in [2.05, 4.69) is 6.92 Å². The third-order valence-electron chi connectivity index (χ3n) is 29.5. The molecule has 145 heavy (non-hydrogen) atoms. The lowest BCUT2D eigenvalue weighted by molar-refractivity contribution is -0.399. The number of hydrogen-bond acceptors (Lipinski definition) is 45. The molecule has 9 aliphatic rings. The van der Waals surface area contributed by atoms with E-state index in [4.69, 9.17) is 104 Å². The van der Waals surface area contributed by atoms with Crippen molar-refractivity contribution in [2.75, 3.05) is 13.2 Å². The molecule has 0 amide bonds. The largest absolute Gasteiger partial charge is 0.463 e. The van der Waals surface area contributed by atoms with E-state index < -0.39 is 349 Å². The van der Waals surface area contributed by atoms with Crippen LogP contribution in [0, 0.1) is 23.7 Å². The van der Waals surface area contributed by atoms with Gasteiger partial charge < -0.3 is 191 Å². The van der Waals surface area contributed by atoms with Crippen LogP contribution >= 0.6 is 0 Å². The van der Waals surface area contributed by atoms with Gasteiger partial charge in [0.15, 0.2) is 80.8 Å². The Labute approximate surface area is 849 Å². The van der Waals surface area contributed by atoms with Gasteiger partial charge in [0.05, 0.1) is 97.4 Å². The number of rotatable bonds is 43. The molecule has 45 nitrogen and oxygen atoms in total. The maximum absolute atomic E-state index is 14.5. The van der Waals surface area contributed by atoms with E-state index in [9.17, 15) is 116 Å². The summed E-state index contributed by atoms with van der Waals surface area (Å²) in [4.78, 5) is 82.3. The van der Waals surface area contributed by atoms with Gasteiger partial charge in [0.2, 0.25) is 0 Å². The molecule has 0 radical (unpaired) electrons. The molecule has 2 bridgehead atoms. The van der Waals surface area contributed by atoms with Gasteiger partial charge in [-0.05, 0) is 128 Å². The average Bonchev–Trinajstić information content (AvgIpc) is 0.765. The van der Waals surface area contributed by atoms with Crippen LogP contribution < -0.4 is 0 Å². The molecule has 8 unspecified atom stereocenters. The molecule has 0 aliphatic carbocycles. The third kappa shape index (κ3) is 34.0. The van der Waals surface area contributed by atoms with Gasteiger partial charge in [-0.15, -0.1) is 0 Å². The van der Waals surface area contributed by atoms with Crippen LogP contribution in [0.1, 0.15) is 284 Å². The molecule has 0 aromatic heterocycles. The Morgan fingerprint density at radius 1 is 0.352 bits per heavy atom. The monoisotopic (exact) mass is 2090 g/mol. The number of ether oxygens (including phenoxy) is 22. The minimum atomic E-state index is -2.13. The molecule has 17 N–H and O–H groups in total. The van der Waals surface area contributed by atoms with Crippen molar-refractivity contribution >= 4 is 35.8 Å². The van der Waals surface area contributed by atoms with Gasteiger partial charge in [-0.3, -0.25) is 28.8 Å². The zero-order chi connectivity index (χ0) is 107. The number of esters is 6. The van der Waals surface area contributed by atoms with Crippen molar-refractivity contribution in [2.45, 2.75) is 560 Å². The van der Waals surface area contributed by atoms with Gasteiger partial charge >= 0.3 is 35.8 Å². The summed E-state index contributed by atoms with van der Waals surface area (Å²) in [6.45, 7) is 22.7. The summed E-state index contributed by atoms with van der Waals surface area (Å²) >= 11 is 0. The van der Waals surface area contributed by atoms with Gasteiger partial charge in [0, 0.05) is 12.8 Å². The van der Waals surface area contributed by atoms with Crippen LogP contribution in [-0.4, -0.2) is 412 Å². The topological polar surface area (TPSA) is 649 Å². The molecule has 9 heterocycles. The Kier molecular flexibility index (Phi) is 51.2. The van der Waals surface area contributed by atoms with Crippen LogP contribution in [-0.2, 0) is 133 Å². The van der Waals surface area contributed by atoms with E-state index in [1.54, 1.807) is 13.8 Å². The lowest BCUT2D eigenvalue weighted by Crippen LogP contribution is -2.68. The highest BCUT2D eigenvalue weighted by atomic mass is 16.8.